The van der Waals surface area contributed by atoms with Crippen LogP contribution in [-0.2, 0) is 16.2 Å². The topological polar surface area (TPSA) is 85.5 Å². The van der Waals surface area contributed by atoms with Crippen molar-refractivity contribution >= 4 is 37.3 Å². The summed E-state index contributed by atoms with van der Waals surface area (Å²) in [5.41, 5.74) is -0.389. The van der Waals surface area contributed by atoms with Gasteiger partial charge in [0.2, 0.25) is 0 Å². The van der Waals surface area contributed by atoms with Crippen LogP contribution in [-0.4, -0.2) is 25.1 Å². The third-order valence-corrected chi connectivity index (χ3v) is 6.70. The highest BCUT2D eigenvalue weighted by molar-refractivity contribution is 7.93. The summed E-state index contributed by atoms with van der Waals surface area (Å²) in [6.45, 7) is 6.41. The van der Waals surface area contributed by atoms with Crippen LogP contribution in [0.15, 0.2) is 65.1 Å². The van der Waals surface area contributed by atoms with Gasteiger partial charge in [0.15, 0.2) is 5.13 Å². The number of fused-ring (bicyclic) bond motifs is 1. The number of hydrogen-bond acceptors (Lipinski definition) is 6. The lowest BCUT2D eigenvalue weighted by atomic mass is 10.0. The molecule has 0 saturated heterocycles. The van der Waals surface area contributed by atoms with Crippen LogP contribution in [0.2, 0.25) is 0 Å². The lowest BCUT2D eigenvalue weighted by molar-refractivity contribution is -0.137. The van der Waals surface area contributed by atoms with Gasteiger partial charge in [0.25, 0.3) is 10.0 Å². The van der Waals surface area contributed by atoms with Gasteiger partial charge in [-0.1, -0.05) is 6.07 Å². The Labute approximate surface area is 190 Å². The van der Waals surface area contributed by atoms with Crippen molar-refractivity contribution in [3.05, 3.63) is 77.2 Å². The third-order valence-electron chi connectivity index (χ3n) is 4.55. The second kappa shape index (κ2) is 8.68. The Balaban J connectivity index is 1.80. The van der Waals surface area contributed by atoms with E-state index in [2.05, 4.69) is 19.5 Å². The van der Waals surface area contributed by atoms with Crippen molar-refractivity contribution in [2.45, 2.75) is 11.1 Å². The molecule has 1 N–H and O–H groups in total. The molecule has 2 aromatic carbocycles. The van der Waals surface area contributed by atoms with Gasteiger partial charge in [-0.25, -0.2) is 20.0 Å². The fourth-order valence-electron chi connectivity index (χ4n) is 3.10. The molecule has 0 unspecified atom stereocenters. The van der Waals surface area contributed by atoms with E-state index in [1.165, 1.54) is 36.7 Å². The molecule has 4 rings (SSSR count). The quantitative estimate of drug-likeness (QED) is 0.364. The van der Waals surface area contributed by atoms with E-state index in [9.17, 15) is 21.6 Å². The average Bonchev–Trinajstić information content (AvgIpc) is 3.28. The van der Waals surface area contributed by atoms with E-state index in [0.717, 1.165) is 23.5 Å². The number of nitrogens with one attached hydrogen (secondary N) is 1. The first-order chi connectivity index (χ1) is 15.7. The normalized spacial score (nSPS) is 11.8. The smallest absolute Gasteiger partial charge is 0.416 e. The molecule has 33 heavy (non-hydrogen) atoms. The molecule has 0 amide bonds. The maximum Gasteiger partial charge on any atom is 0.416 e. The number of pyridine rings is 1. The van der Waals surface area contributed by atoms with Crippen molar-refractivity contribution in [3.63, 3.8) is 0 Å². The zero-order chi connectivity index (χ0) is 23.6. The van der Waals surface area contributed by atoms with E-state index >= 15 is 0 Å². The van der Waals surface area contributed by atoms with Crippen LogP contribution in [0.4, 0.5) is 18.3 Å². The minimum absolute atomic E-state index is 0.0146. The Morgan fingerprint density at radius 3 is 2.61 bits per heavy atom. The van der Waals surface area contributed by atoms with Crippen molar-refractivity contribution in [1.82, 2.24) is 9.97 Å². The molecule has 0 aliphatic heterocycles. The summed E-state index contributed by atoms with van der Waals surface area (Å²) in [5, 5.41) is 2.85. The molecule has 0 atom stereocenters. The number of ether oxygens (including phenoxy) is 1. The SMILES string of the molecule is [C-]#[N+]COc1cc(C(F)(F)F)ccc1-c1nccc2cc(S(=O)(=O)Nc3nccs3)ccc12. The largest absolute Gasteiger partial charge is 0.425 e. The van der Waals surface area contributed by atoms with Gasteiger partial charge in [0, 0.05) is 28.7 Å². The number of anilines is 1. The van der Waals surface area contributed by atoms with Crippen LogP contribution in [0, 0.1) is 6.57 Å². The van der Waals surface area contributed by atoms with E-state index in [4.69, 9.17) is 11.3 Å². The van der Waals surface area contributed by atoms with Crippen LogP contribution < -0.4 is 9.46 Å². The van der Waals surface area contributed by atoms with Gasteiger partial charge < -0.3 is 4.74 Å². The monoisotopic (exact) mass is 490 g/mol. The van der Waals surface area contributed by atoms with Crippen molar-refractivity contribution in [3.8, 4) is 17.0 Å². The van der Waals surface area contributed by atoms with Gasteiger partial charge >= 0.3 is 12.9 Å². The fourth-order valence-corrected chi connectivity index (χ4v) is 4.92. The van der Waals surface area contributed by atoms with Gasteiger partial charge in [-0.3, -0.25) is 14.6 Å². The van der Waals surface area contributed by atoms with E-state index < -0.39 is 28.5 Å². The van der Waals surface area contributed by atoms with Gasteiger partial charge in [-0.15, -0.1) is 11.3 Å². The van der Waals surface area contributed by atoms with Crippen LogP contribution in [0.1, 0.15) is 5.56 Å². The van der Waals surface area contributed by atoms with Crippen LogP contribution in [0.25, 0.3) is 26.9 Å². The lowest BCUT2D eigenvalue weighted by Crippen LogP contribution is -2.12. The third kappa shape index (κ3) is 4.74. The minimum atomic E-state index is -4.59. The average molecular weight is 490 g/mol. The zero-order valence-electron chi connectivity index (χ0n) is 16.5. The molecule has 0 saturated carbocycles. The predicted octanol–water partition coefficient (Wildman–Crippen LogP) is 5.43. The number of nitrogens with zero attached hydrogens (tertiary/aromatic N) is 3. The molecule has 0 fully saturated rings. The molecule has 7 nitrogen and oxygen atoms in total. The Kier molecular flexibility index (Phi) is 5.92. The molecule has 0 bridgehead atoms. The molecule has 0 spiro atoms. The number of halogens is 3. The highest BCUT2D eigenvalue weighted by Crippen LogP contribution is 2.39. The van der Waals surface area contributed by atoms with E-state index in [1.54, 1.807) is 11.4 Å². The molecule has 0 aliphatic rings. The summed E-state index contributed by atoms with van der Waals surface area (Å²) >= 11 is 1.13. The zero-order valence-corrected chi connectivity index (χ0v) is 18.1. The molecule has 168 valence electrons. The molecule has 4 aromatic rings. The van der Waals surface area contributed by atoms with Gasteiger partial charge in [0.05, 0.1) is 16.2 Å². The number of sulfonamides is 1. The second-order valence-electron chi connectivity index (χ2n) is 6.63. The number of alkyl halides is 3. The maximum absolute atomic E-state index is 13.2. The summed E-state index contributed by atoms with van der Waals surface area (Å²) in [6, 6.07) is 8.84. The molecular formula is C21H13F3N4O3S2. The number of thiazole rings is 1. The van der Waals surface area contributed by atoms with Crippen LogP contribution >= 0.6 is 11.3 Å². The summed E-state index contributed by atoms with van der Waals surface area (Å²) in [4.78, 5) is 11.2. The van der Waals surface area contributed by atoms with Gasteiger partial charge in [-0.2, -0.15) is 13.2 Å². The fraction of sp³-hybridized carbons (Fsp3) is 0.0952. The van der Waals surface area contributed by atoms with Crippen LogP contribution in [0.5, 0.6) is 5.75 Å². The van der Waals surface area contributed by atoms with Gasteiger partial charge in [-0.05, 0) is 41.8 Å². The second-order valence-corrected chi connectivity index (χ2v) is 9.20. The summed E-state index contributed by atoms with van der Waals surface area (Å²) in [5.74, 6) is -0.150. The standard InChI is InChI=1S/C21H13F3N4O3S2/c1-25-12-31-18-11-14(21(22,23)24)2-4-17(18)19-16-5-3-15(10-13(16)6-7-26-19)33(29,30)28-20-27-8-9-32-20/h2-11H,12H2,(H,27,28). The summed E-state index contributed by atoms with van der Waals surface area (Å²) in [6.07, 6.45) is -1.70. The summed E-state index contributed by atoms with van der Waals surface area (Å²) < 4.78 is 72.5. The molecule has 12 heteroatoms. The summed E-state index contributed by atoms with van der Waals surface area (Å²) in [7, 11) is -3.90. The highest BCUT2D eigenvalue weighted by Gasteiger charge is 2.32. The number of rotatable bonds is 6. The predicted molar refractivity (Wildman–Crippen MR) is 117 cm³/mol. The van der Waals surface area contributed by atoms with Crippen molar-refractivity contribution < 1.29 is 26.3 Å². The van der Waals surface area contributed by atoms with E-state index in [-0.39, 0.29) is 27.0 Å². The number of benzene rings is 2. The Morgan fingerprint density at radius 1 is 1.09 bits per heavy atom. The van der Waals surface area contributed by atoms with Crippen molar-refractivity contribution in [2.24, 2.45) is 0 Å². The molecule has 2 heterocycles. The molecule has 2 aromatic heterocycles. The van der Waals surface area contributed by atoms with E-state index in [1.807, 2.05) is 0 Å². The minimum Gasteiger partial charge on any atom is -0.425 e. The van der Waals surface area contributed by atoms with E-state index in [0.29, 0.717) is 10.8 Å². The first-order valence-electron chi connectivity index (χ1n) is 9.18. The van der Waals surface area contributed by atoms with Crippen molar-refractivity contribution in [2.75, 3.05) is 11.5 Å². The molecule has 0 radical (unpaired) electrons. The Bertz CT molecular complexity index is 1460. The molecular weight excluding hydrogens is 477 g/mol. The Hall–Kier alpha value is -3.69. The Morgan fingerprint density at radius 2 is 1.91 bits per heavy atom. The first kappa shape index (κ1) is 22.5. The van der Waals surface area contributed by atoms with Crippen LogP contribution in [0.3, 0.4) is 0 Å². The van der Waals surface area contributed by atoms with Gasteiger partial charge in [0.1, 0.15) is 5.75 Å². The lowest BCUT2D eigenvalue weighted by Gasteiger charge is -2.14. The number of hydrogen-bond donors (Lipinski definition) is 1. The van der Waals surface area contributed by atoms with Crippen molar-refractivity contribution in [1.29, 1.82) is 0 Å². The molecule has 0 aliphatic carbocycles. The number of aromatic nitrogens is 2. The maximum atomic E-state index is 13.2. The highest BCUT2D eigenvalue weighted by atomic mass is 32.2. The first-order valence-corrected chi connectivity index (χ1v) is 11.5.